The lowest BCUT2D eigenvalue weighted by molar-refractivity contribution is 0.140. The molecule has 26 heavy (non-hydrogen) atoms. The summed E-state index contributed by atoms with van der Waals surface area (Å²) in [5.41, 5.74) is 5.74. The van der Waals surface area contributed by atoms with E-state index in [1.165, 1.54) is 55.0 Å². The first-order chi connectivity index (χ1) is 12.5. The molecule has 2 aliphatic rings. The van der Waals surface area contributed by atoms with Crippen molar-refractivity contribution in [2.75, 3.05) is 26.2 Å². The van der Waals surface area contributed by atoms with E-state index >= 15 is 0 Å². The zero-order valence-electron chi connectivity index (χ0n) is 16.5. The van der Waals surface area contributed by atoms with E-state index < -0.39 is 0 Å². The minimum absolute atomic E-state index is 0.270. The molecule has 1 aromatic heterocycles. The Hall–Kier alpha value is -1.65. The minimum atomic E-state index is 0.270. The SMILES string of the molecule is CC(C)(C)N1CCCN(Cc2nn(-c3ccccc3)c3c2CCC3)CC1. The second kappa shape index (κ2) is 7.16. The Morgan fingerprint density at radius 1 is 0.923 bits per heavy atom. The topological polar surface area (TPSA) is 24.3 Å². The maximum Gasteiger partial charge on any atom is 0.0804 e. The first-order valence-corrected chi connectivity index (χ1v) is 10.1. The van der Waals surface area contributed by atoms with Gasteiger partial charge in [0.25, 0.3) is 0 Å². The monoisotopic (exact) mass is 352 g/mol. The van der Waals surface area contributed by atoms with Crippen LogP contribution in [0.25, 0.3) is 5.69 Å². The van der Waals surface area contributed by atoms with Gasteiger partial charge in [0.15, 0.2) is 0 Å². The van der Waals surface area contributed by atoms with E-state index in [9.17, 15) is 0 Å². The molecule has 140 valence electrons. The van der Waals surface area contributed by atoms with Crippen LogP contribution in [0, 0.1) is 0 Å². The molecule has 0 bridgehead atoms. The summed E-state index contributed by atoms with van der Waals surface area (Å²) in [6.07, 6.45) is 4.87. The summed E-state index contributed by atoms with van der Waals surface area (Å²) in [4.78, 5) is 5.24. The molecule has 0 atom stereocenters. The Bertz CT molecular complexity index is 741. The molecule has 0 amide bonds. The molecular weight excluding hydrogens is 320 g/mol. The van der Waals surface area contributed by atoms with Gasteiger partial charge in [0.2, 0.25) is 0 Å². The largest absolute Gasteiger partial charge is 0.297 e. The van der Waals surface area contributed by atoms with Crippen molar-refractivity contribution in [3.8, 4) is 5.69 Å². The highest BCUT2D eigenvalue weighted by Gasteiger charge is 2.27. The molecule has 4 nitrogen and oxygen atoms in total. The second-order valence-corrected chi connectivity index (χ2v) is 8.76. The van der Waals surface area contributed by atoms with Gasteiger partial charge >= 0.3 is 0 Å². The average molecular weight is 353 g/mol. The summed E-state index contributed by atoms with van der Waals surface area (Å²) in [6.45, 7) is 12.7. The predicted octanol–water partition coefficient (Wildman–Crippen LogP) is 3.67. The second-order valence-electron chi connectivity index (χ2n) is 8.76. The fourth-order valence-electron chi connectivity index (χ4n) is 4.44. The standard InChI is InChI=1S/C22H32N4/c1-22(2,3)25-14-8-13-24(15-16-25)17-20-19-11-7-12-21(19)26(23-20)18-9-5-4-6-10-18/h4-6,9-10H,7-8,11-17H2,1-3H3. The number of aromatic nitrogens is 2. The molecular formula is C22H32N4. The number of para-hydroxylation sites is 1. The molecule has 1 aromatic carbocycles. The molecule has 0 N–H and O–H groups in total. The number of nitrogens with zero attached hydrogens (tertiary/aromatic N) is 4. The fraction of sp³-hybridized carbons (Fsp3) is 0.591. The Morgan fingerprint density at radius 3 is 2.50 bits per heavy atom. The Morgan fingerprint density at radius 2 is 1.73 bits per heavy atom. The molecule has 1 saturated heterocycles. The van der Waals surface area contributed by atoms with Crippen molar-refractivity contribution in [1.29, 1.82) is 0 Å². The van der Waals surface area contributed by atoms with Crippen LogP contribution in [0.4, 0.5) is 0 Å². The van der Waals surface area contributed by atoms with Gasteiger partial charge in [0, 0.05) is 30.9 Å². The van der Waals surface area contributed by atoms with Crippen LogP contribution < -0.4 is 0 Å². The number of hydrogen-bond acceptors (Lipinski definition) is 3. The van der Waals surface area contributed by atoms with Gasteiger partial charge in [-0.25, -0.2) is 4.68 Å². The smallest absolute Gasteiger partial charge is 0.0804 e. The fourth-order valence-corrected chi connectivity index (χ4v) is 4.44. The van der Waals surface area contributed by atoms with Gasteiger partial charge in [-0.15, -0.1) is 0 Å². The first-order valence-electron chi connectivity index (χ1n) is 10.1. The first kappa shape index (κ1) is 17.7. The molecule has 4 rings (SSSR count). The lowest BCUT2D eigenvalue weighted by atomic mass is 10.1. The lowest BCUT2D eigenvalue weighted by Gasteiger charge is -2.34. The highest BCUT2D eigenvalue weighted by atomic mass is 15.3. The van der Waals surface area contributed by atoms with Crippen LogP contribution in [0.1, 0.15) is 50.6 Å². The third-order valence-electron chi connectivity index (χ3n) is 5.92. The maximum atomic E-state index is 5.06. The maximum absolute atomic E-state index is 5.06. The molecule has 0 saturated carbocycles. The van der Waals surface area contributed by atoms with Crippen molar-refractivity contribution in [2.45, 2.75) is 58.5 Å². The van der Waals surface area contributed by atoms with Crippen molar-refractivity contribution < 1.29 is 0 Å². The lowest BCUT2D eigenvalue weighted by Crippen LogP contribution is -2.43. The van der Waals surface area contributed by atoms with Crippen LogP contribution in [-0.2, 0) is 19.4 Å². The van der Waals surface area contributed by atoms with E-state index in [1.807, 2.05) is 0 Å². The van der Waals surface area contributed by atoms with Gasteiger partial charge in [-0.2, -0.15) is 5.10 Å². The highest BCUT2D eigenvalue weighted by molar-refractivity contribution is 5.39. The summed E-state index contributed by atoms with van der Waals surface area (Å²) in [5, 5.41) is 5.06. The molecule has 2 heterocycles. The minimum Gasteiger partial charge on any atom is -0.297 e. The van der Waals surface area contributed by atoms with Crippen molar-refractivity contribution >= 4 is 0 Å². The third-order valence-corrected chi connectivity index (χ3v) is 5.92. The Labute approximate surface area is 157 Å². The molecule has 0 spiro atoms. The van der Waals surface area contributed by atoms with Crippen LogP contribution in [0.2, 0.25) is 0 Å². The van der Waals surface area contributed by atoms with Crippen molar-refractivity contribution in [2.24, 2.45) is 0 Å². The summed E-state index contributed by atoms with van der Waals surface area (Å²) >= 11 is 0. The van der Waals surface area contributed by atoms with E-state index in [0.29, 0.717) is 0 Å². The van der Waals surface area contributed by atoms with Crippen LogP contribution in [-0.4, -0.2) is 51.3 Å². The molecule has 1 aliphatic carbocycles. The summed E-state index contributed by atoms with van der Waals surface area (Å²) in [5.74, 6) is 0. The third kappa shape index (κ3) is 3.58. The zero-order chi connectivity index (χ0) is 18.1. The normalized spacial score (nSPS) is 19.5. The average Bonchev–Trinajstić information content (AvgIpc) is 3.12. The molecule has 1 aliphatic heterocycles. The van der Waals surface area contributed by atoms with Gasteiger partial charge in [-0.3, -0.25) is 9.80 Å². The van der Waals surface area contributed by atoms with E-state index in [-0.39, 0.29) is 5.54 Å². The van der Waals surface area contributed by atoms with E-state index in [1.54, 1.807) is 0 Å². The van der Waals surface area contributed by atoms with Gasteiger partial charge in [-0.05, 0) is 77.2 Å². The Balaban J connectivity index is 1.52. The summed E-state index contributed by atoms with van der Waals surface area (Å²) in [7, 11) is 0. The summed E-state index contributed by atoms with van der Waals surface area (Å²) < 4.78 is 2.21. The van der Waals surface area contributed by atoms with Crippen LogP contribution in [0.3, 0.4) is 0 Å². The number of fused-ring (bicyclic) bond motifs is 1. The number of rotatable bonds is 3. The molecule has 1 fully saturated rings. The van der Waals surface area contributed by atoms with Crippen molar-refractivity contribution in [3.63, 3.8) is 0 Å². The van der Waals surface area contributed by atoms with E-state index in [2.05, 4.69) is 65.6 Å². The quantitative estimate of drug-likeness (QED) is 0.842. The zero-order valence-corrected chi connectivity index (χ0v) is 16.5. The molecule has 2 aromatic rings. The summed E-state index contributed by atoms with van der Waals surface area (Å²) in [6, 6.07) is 10.6. The Kier molecular flexibility index (Phi) is 4.89. The molecule has 0 radical (unpaired) electrons. The van der Waals surface area contributed by atoms with Gasteiger partial charge in [-0.1, -0.05) is 18.2 Å². The van der Waals surface area contributed by atoms with Gasteiger partial charge in [0.1, 0.15) is 0 Å². The van der Waals surface area contributed by atoms with Crippen molar-refractivity contribution in [1.82, 2.24) is 19.6 Å². The van der Waals surface area contributed by atoms with Crippen molar-refractivity contribution in [3.05, 3.63) is 47.3 Å². The van der Waals surface area contributed by atoms with Crippen LogP contribution in [0.5, 0.6) is 0 Å². The van der Waals surface area contributed by atoms with Crippen LogP contribution in [0.15, 0.2) is 30.3 Å². The number of hydrogen-bond donors (Lipinski definition) is 0. The molecule has 4 heteroatoms. The number of benzene rings is 1. The van der Waals surface area contributed by atoms with Gasteiger partial charge < -0.3 is 0 Å². The molecule has 0 unspecified atom stereocenters. The van der Waals surface area contributed by atoms with Crippen LogP contribution >= 0.6 is 0 Å². The predicted molar refractivity (Wildman–Crippen MR) is 107 cm³/mol. The van der Waals surface area contributed by atoms with Gasteiger partial charge in [0.05, 0.1) is 11.4 Å². The highest BCUT2D eigenvalue weighted by Crippen LogP contribution is 2.29. The van der Waals surface area contributed by atoms with E-state index in [0.717, 1.165) is 26.1 Å². The van der Waals surface area contributed by atoms with E-state index in [4.69, 9.17) is 5.10 Å².